The minimum atomic E-state index is -0.665. The summed E-state index contributed by atoms with van der Waals surface area (Å²) in [5.74, 6) is -0.319. The second-order valence-electron chi connectivity index (χ2n) is 6.30. The maximum absolute atomic E-state index is 12.9. The first kappa shape index (κ1) is 18.6. The molecule has 1 aliphatic heterocycles. The summed E-state index contributed by atoms with van der Waals surface area (Å²) >= 11 is 0. The third-order valence-corrected chi connectivity index (χ3v) is 4.60. The van der Waals surface area contributed by atoms with Gasteiger partial charge in [0.1, 0.15) is 11.9 Å². The summed E-state index contributed by atoms with van der Waals surface area (Å²) in [6, 6.07) is 12.2. The summed E-state index contributed by atoms with van der Waals surface area (Å²) in [5.41, 5.74) is 8.96. The number of anilines is 1. The van der Waals surface area contributed by atoms with Crippen molar-refractivity contribution in [3.8, 4) is 5.75 Å². The van der Waals surface area contributed by atoms with Gasteiger partial charge < -0.3 is 15.8 Å². The molecule has 0 fully saturated rings. The number of nitrogens with zero attached hydrogens (tertiary/aromatic N) is 2. The van der Waals surface area contributed by atoms with Crippen molar-refractivity contribution < 1.29 is 14.3 Å². The Balaban J connectivity index is 1.87. The van der Waals surface area contributed by atoms with E-state index in [0.717, 1.165) is 5.56 Å². The molecule has 2 aromatic rings. The van der Waals surface area contributed by atoms with Crippen molar-refractivity contribution >= 4 is 23.6 Å². The molecular formula is C20H22N4O3. The predicted octanol–water partition coefficient (Wildman–Crippen LogP) is 1.95. The molecule has 0 saturated heterocycles. The van der Waals surface area contributed by atoms with Crippen LogP contribution >= 0.6 is 0 Å². The third-order valence-electron chi connectivity index (χ3n) is 4.60. The van der Waals surface area contributed by atoms with E-state index in [1.807, 2.05) is 13.0 Å². The molecule has 1 heterocycles. The molecule has 0 radical (unpaired) electrons. The first-order chi connectivity index (χ1) is 13.0. The highest BCUT2D eigenvalue weighted by atomic mass is 16.5. The average molecular weight is 366 g/mol. The molecule has 1 aliphatic rings. The van der Waals surface area contributed by atoms with Gasteiger partial charge in [-0.3, -0.25) is 9.59 Å². The number of ether oxygens (including phenoxy) is 1. The zero-order valence-corrected chi connectivity index (χ0v) is 15.5. The van der Waals surface area contributed by atoms with Crippen LogP contribution in [-0.2, 0) is 0 Å². The second kappa shape index (κ2) is 7.59. The van der Waals surface area contributed by atoms with E-state index in [9.17, 15) is 9.59 Å². The summed E-state index contributed by atoms with van der Waals surface area (Å²) < 4.78 is 5.18. The fraction of sp³-hybridized carbons (Fsp3) is 0.250. The summed E-state index contributed by atoms with van der Waals surface area (Å²) in [4.78, 5) is 24.8. The summed E-state index contributed by atoms with van der Waals surface area (Å²) in [6.45, 7) is 1.91. The highest BCUT2D eigenvalue weighted by Crippen LogP contribution is 2.29. The van der Waals surface area contributed by atoms with Gasteiger partial charge in [0.15, 0.2) is 5.78 Å². The van der Waals surface area contributed by atoms with Crippen LogP contribution in [0, 0.1) is 12.8 Å². The average Bonchev–Trinajstić information content (AvgIpc) is 3.08. The van der Waals surface area contributed by atoms with E-state index >= 15 is 0 Å². The van der Waals surface area contributed by atoms with Gasteiger partial charge in [-0.15, -0.1) is 0 Å². The minimum Gasteiger partial charge on any atom is -0.497 e. The molecule has 140 valence electrons. The van der Waals surface area contributed by atoms with Crippen molar-refractivity contribution in [2.45, 2.75) is 13.1 Å². The van der Waals surface area contributed by atoms with Gasteiger partial charge in [-0.05, 0) is 36.8 Å². The van der Waals surface area contributed by atoms with E-state index in [2.05, 4.69) is 10.4 Å². The van der Waals surface area contributed by atoms with Crippen LogP contribution in [0.5, 0.6) is 5.75 Å². The molecule has 3 N–H and O–H groups in total. The highest BCUT2D eigenvalue weighted by Gasteiger charge is 2.35. The van der Waals surface area contributed by atoms with E-state index in [0.29, 0.717) is 22.6 Å². The van der Waals surface area contributed by atoms with E-state index in [4.69, 9.17) is 10.5 Å². The Morgan fingerprint density at radius 1 is 1.19 bits per heavy atom. The van der Waals surface area contributed by atoms with Crippen LogP contribution in [0.25, 0.3) is 0 Å². The first-order valence-electron chi connectivity index (χ1n) is 8.56. The van der Waals surface area contributed by atoms with E-state index in [1.54, 1.807) is 61.8 Å². The number of hydrogen-bond donors (Lipinski definition) is 2. The predicted molar refractivity (Wildman–Crippen MR) is 104 cm³/mol. The van der Waals surface area contributed by atoms with Crippen LogP contribution in [0.2, 0.25) is 0 Å². The van der Waals surface area contributed by atoms with Crippen molar-refractivity contribution in [1.29, 1.82) is 0 Å². The maximum Gasteiger partial charge on any atom is 0.251 e. The molecule has 7 heteroatoms. The Labute approximate surface area is 157 Å². The minimum absolute atomic E-state index is 0.132. The number of nitrogens with one attached hydrogen (secondary N) is 1. The summed E-state index contributed by atoms with van der Waals surface area (Å²) in [6.07, 6.45) is 0.890. The number of nitrogens with two attached hydrogens (primary N) is 1. The number of Topliss-reactive ketones (excluding diaryl/α,β-unsaturated/α-hetero) is 1. The first-order valence-corrected chi connectivity index (χ1v) is 8.56. The topological polar surface area (TPSA) is 97.0 Å². The number of rotatable bonds is 5. The van der Waals surface area contributed by atoms with Crippen molar-refractivity contribution in [3.63, 3.8) is 0 Å². The normalized spacial score (nSPS) is 18.4. The standard InChI is InChI=1S/C20H22N4O3/c1-12-7-8-14(20(26)22-2)10-17(12)24-19(21)16(11-23-24)18(25)13-5-4-6-15(9-13)27-3/h4-11,16,19H,21H2,1-3H3,(H,22,26). The van der Waals surface area contributed by atoms with Gasteiger partial charge >= 0.3 is 0 Å². The maximum atomic E-state index is 12.9. The number of aryl methyl sites for hydroxylation is 1. The lowest BCUT2D eigenvalue weighted by Gasteiger charge is -2.25. The second-order valence-corrected chi connectivity index (χ2v) is 6.30. The number of carbonyl (C=O) groups excluding carboxylic acids is 2. The third kappa shape index (κ3) is 3.54. The van der Waals surface area contributed by atoms with Gasteiger partial charge in [0.25, 0.3) is 5.91 Å². The zero-order valence-electron chi connectivity index (χ0n) is 15.5. The Hall–Kier alpha value is -3.19. The van der Waals surface area contributed by atoms with Crippen molar-refractivity contribution in [1.82, 2.24) is 5.32 Å². The van der Waals surface area contributed by atoms with Gasteiger partial charge in [-0.1, -0.05) is 18.2 Å². The van der Waals surface area contributed by atoms with Gasteiger partial charge in [0, 0.05) is 24.4 Å². The fourth-order valence-corrected chi connectivity index (χ4v) is 3.02. The highest BCUT2D eigenvalue weighted by molar-refractivity contribution is 6.08. The van der Waals surface area contributed by atoms with Crippen LogP contribution in [0.3, 0.4) is 0 Å². The molecule has 2 unspecified atom stereocenters. The smallest absolute Gasteiger partial charge is 0.251 e. The Bertz CT molecular complexity index is 910. The molecule has 1 amide bonds. The van der Waals surface area contributed by atoms with Crippen molar-refractivity contribution in [2.75, 3.05) is 19.2 Å². The van der Waals surface area contributed by atoms with Crippen LogP contribution in [-0.4, -0.2) is 38.2 Å². The van der Waals surface area contributed by atoms with Crippen LogP contribution in [0.15, 0.2) is 47.6 Å². The quantitative estimate of drug-likeness (QED) is 0.789. The molecule has 0 saturated carbocycles. The number of carbonyl (C=O) groups is 2. The van der Waals surface area contributed by atoms with Gasteiger partial charge in [0.2, 0.25) is 0 Å². The molecule has 2 atom stereocenters. The van der Waals surface area contributed by atoms with Gasteiger partial charge in [-0.25, -0.2) is 5.01 Å². The van der Waals surface area contributed by atoms with E-state index < -0.39 is 12.1 Å². The lowest BCUT2D eigenvalue weighted by Crippen LogP contribution is -2.43. The van der Waals surface area contributed by atoms with Crippen LogP contribution in [0.1, 0.15) is 26.3 Å². The molecule has 3 rings (SSSR count). The monoisotopic (exact) mass is 366 g/mol. The summed E-state index contributed by atoms with van der Waals surface area (Å²) in [7, 11) is 3.13. The Morgan fingerprint density at radius 3 is 2.67 bits per heavy atom. The molecule has 0 aromatic heterocycles. The number of ketones is 1. The zero-order chi connectivity index (χ0) is 19.6. The van der Waals surface area contributed by atoms with Crippen LogP contribution in [0.4, 0.5) is 5.69 Å². The van der Waals surface area contributed by atoms with Crippen molar-refractivity contribution in [3.05, 3.63) is 59.2 Å². The lowest BCUT2D eigenvalue weighted by molar-refractivity contribution is 0.0943. The lowest BCUT2D eigenvalue weighted by atomic mass is 9.96. The Morgan fingerprint density at radius 2 is 1.96 bits per heavy atom. The van der Waals surface area contributed by atoms with E-state index in [-0.39, 0.29) is 11.7 Å². The Kier molecular flexibility index (Phi) is 5.23. The number of hydrazone groups is 1. The van der Waals surface area contributed by atoms with Crippen molar-refractivity contribution in [2.24, 2.45) is 16.8 Å². The molecule has 2 aromatic carbocycles. The van der Waals surface area contributed by atoms with Gasteiger partial charge in [0.05, 0.1) is 18.7 Å². The SMILES string of the molecule is CNC(=O)c1ccc(C)c(N2N=CC(C(=O)c3cccc(OC)c3)C2N)c1. The number of amides is 1. The summed E-state index contributed by atoms with van der Waals surface area (Å²) in [5, 5.41) is 8.53. The number of benzene rings is 2. The number of hydrogen-bond acceptors (Lipinski definition) is 6. The van der Waals surface area contributed by atoms with Gasteiger partial charge in [-0.2, -0.15) is 5.10 Å². The molecule has 27 heavy (non-hydrogen) atoms. The fourth-order valence-electron chi connectivity index (χ4n) is 3.02. The molecule has 7 nitrogen and oxygen atoms in total. The van der Waals surface area contributed by atoms with E-state index in [1.165, 1.54) is 0 Å². The molecular weight excluding hydrogens is 344 g/mol. The molecule has 0 spiro atoms. The largest absolute Gasteiger partial charge is 0.497 e. The molecule has 0 aliphatic carbocycles. The molecule has 0 bridgehead atoms. The van der Waals surface area contributed by atoms with Crippen LogP contribution < -0.4 is 20.8 Å². The number of methoxy groups -OCH3 is 1.